The largest absolute Gasteiger partial charge is 0.391 e. The lowest BCUT2D eigenvalue weighted by molar-refractivity contribution is -0.131. The summed E-state index contributed by atoms with van der Waals surface area (Å²) < 4.78 is 0. The third-order valence-corrected chi connectivity index (χ3v) is 6.28. The molecule has 2 aromatic heterocycles. The molecule has 2 aliphatic rings. The van der Waals surface area contributed by atoms with Crippen LogP contribution in [-0.4, -0.2) is 76.2 Å². The minimum atomic E-state index is -0.315. The van der Waals surface area contributed by atoms with E-state index in [1.807, 2.05) is 36.2 Å². The number of β-amino-alcohol motifs (C(OH)–C–C–N with tert-alkyl or cyclic N) is 1. The maximum absolute atomic E-state index is 11.9. The number of carbonyl (C=O) groups excluding carboxylic acids is 1. The molecular weight excluding hydrogens is 406 g/mol. The topological polar surface area (TPSA) is 101 Å². The third kappa shape index (κ3) is 4.08. The molecule has 2 aliphatic heterocycles. The number of aliphatic hydroxyl groups excluding tert-OH is 1. The van der Waals surface area contributed by atoms with Crippen molar-refractivity contribution in [2.24, 2.45) is 0 Å². The van der Waals surface area contributed by atoms with Crippen molar-refractivity contribution in [3.63, 3.8) is 0 Å². The molecule has 2 fully saturated rings. The molecule has 1 atom stereocenters. The number of rotatable bonds is 5. The van der Waals surface area contributed by atoms with E-state index in [1.54, 1.807) is 0 Å². The fraction of sp³-hybridized carbons (Fsp3) is 0.435. The molecule has 0 spiro atoms. The SMILES string of the molecule is CCC(=O)N1CCN(c2ccc(Nc3nc(N4CC[C@H](O)C4)c4cc[nH]c4n3)cc2)CC1. The van der Waals surface area contributed by atoms with Crippen molar-refractivity contribution in [2.45, 2.75) is 25.9 Å². The highest BCUT2D eigenvalue weighted by atomic mass is 16.3. The summed E-state index contributed by atoms with van der Waals surface area (Å²) in [5.41, 5.74) is 2.83. The molecule has 0 bridgehead atoms. The molecule has 0 unspecified atom stereocenters. The average molecular weight is 436 g/mol. The van der Waals surface area contributed by atoms with Gasteiger partial charge >= 0.3 is 0 Å². The molecule has 9 nitrogen and oxygen atoms in total. The van der Waals surface area contributed by atoms with Crippen LogP contribution in [-0.2, 0) is 4.79 Å². The monoisotopic (exact) mass is 435 g/mol. The zero-order valence-corrected chi connectivity index (χ0v) is 18.3. The number of aromatic nitrogens is 3. The Morgan fingerprint density at radius 3 is 2.56 bits per heavy atom. The van der Waals surface area contributed by atoms with Gasteiger partial charge < -0.3 is 30.1 Å². The molecule has 4 heterocycles. The summed E-state index contributed by atoms with van der Waals surface area (Å²) in [7, 11) is 0. The van der Waals surface area contributed by atoms with Gasteiger partial charge in [0.05, 0.1) is 11.5 Å². The van der Waals surface area contributed by atoms with Crippen LogP contribution in [0, 0.1) is 0 Å². The van der Waals surface area contributed by atoms with Crippen LogP contribution in [0.2, 0.25) is 0 Å². The van der Waals surface area contributed by atoms with Crippen molar-refractivity contribution in [3.8, 4) is 0 Å². The van der Waals surface area contributed by atoms with E-state index >= 15 is 0 Å². The number of nitrogens with one attached hydrogen (secondary N) is 2. The van der Waals surface area contributed by atoms with Crippen LogP contribution in [0.1, 0.15) is 19.8 Å². The van der Waals surface area contributed by atoms with Gasteiger partial charge in [0, 0.05) is 63.3 Å². The molecule has 0 saturated carbocycles. The molecule has 9 heteroatoms. The smallest absolute Gasteiger partial charge is 0.231 e. The van der Waals surface area contributed by atoms with Crippen LogP contribution < -0.4 is 15.1 Å². The van der Waals surface area contributed by atoms with Crippen LogP contribution in [0.4, 0.5) is 23.1 Å². The minimum Gasteiger partial charge on any atom is -0.391 e. The van der Waals surface area contributed by atoms with E-state index in [0.717, 1.165) is 67.4 Å². The zero-order valence-electron chi connectivity index (χ0n) is 18.3. The Bertz CT molecular complexity index is 1090. The summed E-state index contributed by atoms with van der Waals surface area (Å²) >= 11 is 0. The fourth-order valence-electron chi connectivity index (χ4n) is 4.48. The summed E-state index contributed by atoms with van der Waals surface area (Å²) in [4.78, 5) is 30.8. The number of nitrogens with zero attached hydrogens (tertiary/aromatic N) is 5. The first-order chi connectivity index (χ1) is 15.6. The normalized spacial score (nSPS) is 19.1. The minimum absolute atomic E-state index is 0.228. The first-order valence-electron chi connectivity index (χ1n) is 11.3. The summed E-state index contributed by atoms with van der Waals surface area (Å²) in [6, 6.07) is 10.2. The van der Waals surface area contributed by atoms with Crippen molar-refractivity contribution in [2.75, 3.05) is 54.4 Å². The van der Waals surface area contributed by atoms with Crippen LogP contribution in [0.5, 0.6) is 0 Å². The van der Waals surface area contributed by atoms with Gasteiger partial charge in [-0.3, -0.25) is 4.79 Å². The number of carbonyl (C=O) groups is 1. The van der Waals surface area contributed by atoms with Crippen LogP contribution in [0.15, 0.2) is 36.5 Å². The van der Waals surface area contributed by atoms with Gasteiger partial charge in [-0.1, -0.05) is 6.92 Å². The molecule has 1 amide bonds. The van der Waals surface area contributed by atoms with Gasteiger partial charge in [0.25, 0.3) is 0 Å². The van der Waals surface area contributed by atoms with Gasteiger partial charge in [-0.25, -0.2) is 0 Å². The number of H-pyrrole nitrogens is 1. The summed E-state index contributed by atoms with van der Waals surface area (Å²) in [6.07, 6.45) is 2.87. The van der Waals surface area contributed by atoms with Gasteiger partial charge in [-0.2, -0.15) is 9.97 Å². The summed E-state index contributed by atoms with van der Waals surface area (Å²) in [5, 5.41) is 14.2. The maximum atomic E-state index is 11.9. The Labute approximate surface area is 187 Å². The highest BCUT2D eigenvalue weighted by molar-refractivity contribution is 5.89. The van der Waals surface area contributed by atoms with E-state index in [1.165, 1.54) is 0 Å². The number of amides is 1. The van der Waals surface area contributed by atoms with E-state index in [9.17, 15) is 9.90 Å². The van der Waals surface area contributed by atoms with E-state index in [-0.39, 0.29) is 12.0 Å². The Morgan fingerprint density at radius 2 is 1.88 bits per heavy atom. The molecular formula is C23H29N7O2. The number of aromatic amines is 1. The first kappa shape index (κ1) is 20.6. The van der Waals surface area contributed by atoms with E-state index in [4.69, 9.17) is 4.98 Å². The molecule has 168 valence electrons. The molecule has 2 saturated heterocycles. The highest BCUT2D eigenvalue weighted by Gasteiger charge is 2.24. The molecule has 32 heavy (non-hydrogen) atoms. The molecule has 3 aromatic rings. The highest BCUT2D eigenvalue weighted by Crippen LogP contribution is 2.29. The van der Waals surface area contributed by atoms with Gasteiger partial charge in [-0.05, 0) is 36.8 Å². The van der Waals surface area contributed by atoms with Crippen molar-refractivity contribution in [1.82, 2.24) is 19.9 Å². The van der Waals surface area contributed by atoms with Crippen LogP contribution in [0.25, 0.3) is 11.0 Å². The lowest BCUT2D eigenvalue weighted by Crippen LogP contribution is -2.48. The summed E-state index contributed by atoms with van der Waals surface area (Å²) in [6.45, 7) is 6.50. The van der Waals surface area contributed by atoms with E-state index < -0.39 is 0 Å². The molecule has 0 radical (unpaired) electrons. The Hall–Kier alpha value is -3.33. The maximum Gasteiger partial charge on any atom is 0.231 e. The number of aliphatic hydroxyl groups is 1. The van der Waals surface area contributed by atoms with Crippen molar-refractivity contribution < 1.29 is 9.90 Å². The standard InChI is InChI=1S/C23H29N7O2/c1-2-20(32)29-13-11-28(12-14-29)17-5-3-16(4-6-17)25-23-26-21-19(7-9-24-21)22(27-23)30-10-8-18(31)15-30/h3-7,9,18,31H,2,8,10-15H2,1H3,(H2,24,25,26,27)/t18-/m0/s1. The van der Waals surface area contributed by atoms with Crippen LogP contribution in [0.3, 0.4) is 0 Å². The van der Waals surface area contributed by atoms with Crippen molar-refractivity contribution in [3.05, 3.63) is 36.5 Å². The fourth-order valence-corrected chi connectivity index (χ4v) is 4.48. The first-order valence-corrected chi connectivity index (χ1v) is 11.3. The molecule has 3 N–H and O–H groups in total. The van der Waals surface area contributed by atoms with Gasteiger partial charge in [0.15, 0.2) is 0 Å². The van der Waals surface area contributed by atoms with E-state index in [2.05, 4.69) is 37.2 Å². The second-order valence-electron chi connectivity index (χ2n) is 8.39. The average Bonchev–Trinajstić information content (AvgIpc) is 3.47. The number of hydrogen-bond donors (Lipinski definition) is 3. The number of anilines is 4. The Kier molecular flexibility index (Phi) is 5.57. The number of hydrogen-bond acceptors (Lipinski definition) is 7. The molecule has 5 rings (SSSR count). The zero-order chi connectivity index (χ0) is 22.1. The number of benzene rings is 1. The molecule has 1 aromatic carbocycles. The predicted octanol–water partition coefficient (Wildman–Crippen LogP) is 2.33. The van der Waals surface area contributed by atoms with Gasteiger partial charge in [0.2, 0.25) is 11.9 Å². The molecule has 0 aliphatic carbocycles. The Morgan fingerprint density at radius 1 is 1.09 bits per heavy atom. The van der Waals surface area contributed by atoms with Gasteiger partial charge in [-0.15, -0.1) is 0 Å². The van der Waals surface area contributed by atoms with Crippen molar-refractivity contribution in [1.29, 1.82) is 0 Å². The van der Waals surface area contributed by atoms with Gasteiger partial charge in [0.1, 0.15) is 11.5 Å². The second kappa shape index (κ2) is 8.66. The number of piperazine rings is 1. The second-order valence-corrected chi connectivity index (χ2v) is 8.39. The Balaban J connectivity index is 1.29. The lowest BCUT2D eigenvalue weighted by Gasteiger charge is -2.36. The van der Waals surface area contributed by atoms with Crippen LogP contribution >= 0.6 is 0 Å². The third-order valence-electron chi connectivity index (χ3n) is 6.28. The lowest BCUT2D eigenvalue weighted by atomic mass is 10.2. The quantitative estimate of drug-likeness (QED) is 0.565. The van der Waals surface area contributed by atoms with Crippen molar-refractivity contribution >= 4 is 40.1 Å². The van der Waals surface area contributed by atoms with E-state index in [0.29, 0.717) is 18.9 Å². The summed E-state index contributed by atoms with van der Waals surface area (Å²) in [5.74, 6) is 1.59. The number of fused-ring (bicyclic) bond motifs is 1. The predicted molar refractivity (Wildman–Crippen MR) is 126 cm³/mol.